The highest BCUT2D eigenvalue weighted by Crippen LogP contribution is 2.31. The van der Waals surface area contributed by atoms with E-state index in [0.29, 0.717) is 35.4 Å². The minimum Gasteiger partial charge on any atom is -0.470 e. The fourth-order valence-electron chi connectivity index (χ4n) is 2.72. The first-order valence-electron chi connectivity index (χ1n) is 8.65. The minimum absolute atomic E-state index is 0.176. The van der Waals surface area contributed by atoms with Crippen LogP contribution in [0.4, 0.5) is 0 Å². The van der Waals surface area contributed by atoms with Crippen LogP contribution in [0.2, 0.25) is 0 Å². The molecule has 0 atom stereocenters. The van der Waals surface area contributed by atoms with Crippen LogP contribution in [0, 0.1) is 6.92 Å². The summed E-state index contributed by atoms with van der Waals surface area (Å²) in [4.78, 5) is 4.30. The molecule has 0 spiro atoms. The fraction of sp³-hybridized carbons (Fsp3) is 0.316. The van der Waals surface area contributed by atoms with Crippen LogP contribution in [0.3, 0.4) is 0 Å². The van der Waals surface area contributed by atoms with Crippen LogP contribution in [0.5, 0.6) is 5.88 Å². The highest BCUT2D eigenvalue weighted by atomic mass is 16.5. The molecule has 0 amide bonds. The second-order valence-corrected chi connectivity index (χ2v) is 7.34. The highest BCUT2D eigenvalue weighted by molar-refractivity contribution is 5.56. The Bertz CT molecular complexity index is 1080. The largest absolute Gasteiger partial charge is 0.470 e. The van der Waals surface area contributed by atoms with E-state index < -0.39 is 0 Å². The summed E-state index contributed by atoms with van der Waals surface area (Å²) >= 11 is 0. The van der Waals surface area contributed by atoms with Crippen LogP contribution < -0.4 is 4.74 Å². The fourth-order valence-corrected chi connectivity index (χ4v) is 2.72. The first kappa shape index (κ1) is 17.1. The summed E-state index contributed by atoms with van der Waals surface area (Å²) < 4.78 is 12.8. The highest BCUT2D eigenvalue weighted by Gasteiger charge is 2.24. The summed E-state index contributed by atoms with van der Waals surface area (Å²) in [6, 6.07) is 9.46. The van der Waals surface area contributed by atoms with E-state index in [2.05, 4.69) is 46.2 Å². The standard InChI is InChI=1S/C19H20N6O2/c1-12-9-15(24-27-12)17-22-21-16-10-14(19(2,3)4)18(23-25(16)17)26-11-13-7-5-6-8-20-13/h5-10H,11H2,1-4H3. The number of pyridine rings is 1. The normalized spacial score (nSPS) is 11.9. The summed E-state index contributed by atoms with van der Waals surface area (Å²) in [5.41, 5.74) is 2.80. The molecule has 0 aliphatic heterocycles. The average molecular weight is 364 g/mol. The molecule has 0 saturated carbocycles. The molecule has 0 fully saturated rings. The molecular weight excluding hydrogens is 344 g/mol. The number of hydrogen-bond acceptors (Lipinski definition) is 7. The molecule has 4 rings (SSSR count). The van der Waals surface area contributed by atoms with Gasteiger partial charge in [0.25, 0.3) is 0 Å². The lowest BCUT2D eigenvalue weighted by Crippen LogP contribution is -2.16. The number of aryl methyl sites for hydroxylation is 1. The lowest BCUT2D eigenvalue weighted by atomic mass is 9.88. The van der Waals surface area contributed by atoms with Gasteiger partial charge in [0.15, 0.2) is 11.3 Å². The number of rotatable bonds is 4. The molecule has 8 nitrogen and oxygen atoms in total. The van der Waals surface area contributed by atoms with Gasteiger partial charge in [0.1, 0.15) is 12.4 Å². The van der Waals surface area contributed by atoms with Crippen LogP contribution >= 0.6 is 0 Å². The monoisotopic (exact) mass is 364 g/mol. The first-order chi connectivity index (χ1) is 12.9. The van der Waals surface area contributed by atoms with Crippen molar-refractivity contribution in [2.75, 3.05) is 0 Å². The number of ether oxygens (including phenoxy) is 1. The van der Waals surface area contributed by atoms with Crippen molar-refractivity contribution in [2.45, 2.75) is 39.7 Å². The smallest absolute Gasteiger partial charge is 0.236 e. The van der Waals surface area contributed by atoms with Gasteiger partial charge in [-0.2, -0.15) is 4.52 Å². The number of fused-ring (bicyclic) bond motifs is 1. The zero-order valence-electron chi connectivity index (χ0n) is 15.7. The van der Waals surface area contributed by atoms with E-state index in [0.717, 1.165) is 11.3 Å². The Balaban J connectivity index is 1.79. The lowest BCUT2D eigenvalue weighted by molar-refractivity contribution is 0.276. The molecule has 0 saturated heterocycles. The summed E-state index contributed by atoms with van der Waals surface area (Å²) in [5, 5.41) is 17.1. The van der Waals surface area contributed by atoms with Gasteiger partial charge in [0.2, 0.25) is 11.7 Å². The maximum Gasteiger partial charge on any atom is 0.236 e. The third-order valence-corrected chi connectivity index (χ3v) is 4.11. The molecule has 0 aliphatic rings. The molecule has 4 heterocycles. The van der Waals surface area contributed by atoms with Gasteiger partial charge in [0.05, 0.1) is 5.69 Å². The Morgan fingerprint density at radius 3 is 2.67 bits per heavy atom. The maximum absolute atomic E-state index is 6.03. The van der Waals surface area contributed by atoms with E-state index in [1.54, 1.807) is 16.8 Å². The molecule has 0 radical (unpaired) electrons. The first-order valence-corrected chi connectivity index (χ1v) is 8.65. The number of nitrogens with zero attached hydrogens (tertiary/aromatic N) is 6. The topological polar surface area (TPSA) is 91.2 Å². The Hall–Kier alpha value is -3.29. The van der Waals surface area contributed by atoms with Crippen LogP contribution in [0.15, 0.2) is 41.1 Å². The SMILES string of the molecule is Cc1cc(-c2nnc3cc(C(C)(C)C)c(OCc4ccccn4)nn23)no1. The summed E-state index contributed by atoms with van der Waals surface area (Å²) in [7, 11) is 0. The Kier molecular flexibility index (Phi) is 4.10. The van der Waals surface area contributed by atoms with E-state index >= 15 is 0 Å². The van der Waals surface area contributed by atoms with Gasteiger partial charge in [-0.05, 0) is 30.5 Å². The van der Waals surface area contributed by atoms with Crippen molar-refractivity contribution in [3.8, 4) is 17.4 Å². The van der Waals surface area contributed by atoms with Gasteiger partial charge in [0, 0.05) is 17.8 Å². The van der Waals surface area contributed by atoms with Gasteiger partial charge in [-0.3, -0.25) is 4.98 Å². The second-order valence-electron chi connectivity index (χ2n) is 7.34. The maximum atomic E-state index is 6.03. The zero-order valence-corrected chi connectivity index (χ0v) is 15.7. The molecule has 4 aromatic rings. The van der Waals surface area contributed by atoms with Gasteiger partial charge in [-0.15, -0.1) is 15.3 Å². The van der Waals surface area contributed by atoms with Crippen molar-refractivity contribution in [1.82, 2.24) is 30.0 Å². The van der Waals surface area contributed by atoms with Gasteiger partial charge in [-0.25, -0.2) is 0 Å². The summed E-state index contributed by atoms with van der Waals surface area (Å²) in [6.07, 6.45) is 1.74. The van der Waals surface area contributed by atoms with Crippen LogP contribution in [0.1, 0.15) is 37.8 Å². The van der Waals surface area contributed by atoms with E-state index in [4.69, 9.17) is 9.26 Å². The Labute approximate surface area is 156 Å². The minimum atomic E-state index is -0.176. The average Bonchev–Trinajstić information content (AvgIpc) is 3.24. The number of hydrogen-bond donors (Lipinski definition) is 0. The Morgan fingerprint density at radius 2 is 2.00 bits per heavy atom. The van der Waals surface area contributed by atoms with Crippen molar-refractivity contribution >= 4 is 5.65 Å². The van der Waals surface area contributed by atoms with Crippen molar-refractivity contribution < 1.29 is 9.26 Å². The summed E-state index contributed by atoms with van der Waals surface area (Å²) in [5.74, 6) is 1.71. The Morgan fingerprint density at radius 1 is 1.15 bits per heavy atom. The zero-order chi connectivity index (χ0) is 19.0. The van der Waals surface area contributed by atoms with Crippen molar-refractivity contribution in [2.24, 2.45) is 0 Å². The molecule has 8 heteroatoms. The molecule has 0 bridgehead atoms. The molecule has 4 aromatic heterocycles. The van der Waals surface area contributed by atoms with E-state index in [1.807, 2.05) is 31.2 Å². The molecule has 0 aromatic carbocycles. The molecule has 0 N–H and O–H groups in total. The quantitative estimate of drug-likeness (QED) is 0.548. The van der Waals surface area contributed by atoms with Crippen molar-refractivity contribution in [3.63, 3.8) is 0 Å². The van der Waals surface area contributed by atoms with Crippen LogP contribution in [0.25, 0.3) is 17.2 Å². The molecular formula is C19H20N6O2. The van der Waals surface area contributed by atoms with Crippen LogP contribution in [-0.4, -0.2) is 30.0 Å². The molecule has 0 aliphatic carbocycles. The lowest BCUT2D eigenvalue weighted by Gasteiger charge is -2.21. The molecule has 0 unspecified atom stereocenters. The van der Waals surface area contributed by atoms with E-state index in [-0.39, 0.29) is 5.41 Å². The number of aromatic nitrogens is 6. The van der Waals surface area contributed by atoms with E-state index in [1.165, 1.54) is 0 Å². The summed E-state index contributed by atoms with van der Waals surface area (Å²) in [6.45, 7) is 8.46. The second kappa shape index (κ2) is 6.46. The molecule has 138 valence electrons. The van der Waals surface area contributed by atoms with Crippen LogP contribution in [-0.2, 0) is 12.0 Å². The van der Waals surface area contributed by atoms with Gasteiger partial charge >= 0.3 is 0 Å². The van der Waals surface area contributed by atoms with Crippen molar-refractivity contribution in [1.29, 1.82) is 0 Å². The van der Waals surface area contributed by atoms with Gasteiger partial charge in [-0.1, -0.05) is 32.0 Å². The van der Waals surface area contributed by atoms with Crippen molar-refractivity contribution in [3.05, 3.63) is 53.5 Å². The third kappa shape index (κ3) is 3.38. The third-order valence-electron chi connectivity index (χ3n) is 4.11. The van der Waals surface area contributed by atoms with Gasteiger partial charge < -0.3 is 9.26 Å². The molecule has 27 heavy (non-hydrogen) atoms. The predicted octanol–water partition coefficient (Wildman–Crippen LogP) is 3.36. The predicted molar refractivity (Wildman–Crippen MR) is 98.3 cm³/mol. The van der Waals surface area contributed by atoms with E-state index in [9.17, 15) is 0 Å².